The molecule has 1 aromatic heterocycles. The number of hydrogen-bond donors (Lipinski definition) is 2. The summed E-state index contributed by atoms with van der Waals surface area (Å²) in [6.07, 6.45) is -0.0761. The molecule has 2 heterocycles. The van der Waals surface area contributed by atoms with Gasteiger partial charge in [-0.15, -0.1) is 0 Å². The van der Waals surface area contributed by atoms with E-state index in [0.717, 1.165) is 12.1 Å². The fourth-order valence-corrected chi connectivity index (χ4v) is 3.18. The summed E-state index contributed by atoms with van der Waals surface area (Å²) in [5, 5.41) is 9.65. The SMILES string of the molecule is Cn1cc(C(=O)NC2CCN(C(=O)CNc3cccc(C(F)(F)F)c3)CC2)cn1. The van der Waals surface area contributed by atoms with E-state index >= 15 is 0 Å². The monoisotopic (exact) mass is 409 g/mol. The summed E-state index contributed by atoms with van der Waals surface area (Å²) in [4.78, 5) is 26.2. The number of rotatable bonds is 5. The van der Waals surface area contributed by atoms with Gasteiger partial charge in [0.05, 0.1) is 23.9 Å². The second-order valence-electron chi connectivity index (χ2n) is 6.96. The molecule has 29 heavy (non-hydrogen) atoms. The average Bonchev–Trinajstić information content (AvgIpc) is 3.13. The normalized spacial score (nSPS) is 15.2. The van der Waals surface area contributed by atoms with Crippen molar-refractivity contribution in [3.63, 3.8) is 0 Å². The van der Waals surface area contributed by atoms with Crippen molar-refractivity contribution in [3.8, 4) is 0 Å². The zero-order valence-electron chi connectivity index (χ0n) is 15.9. The third-order valence-corrected chi connectivity index (χ3v) is 4.78. The summed E-state index contributed by atoms with van der Waals surface area (Å²) in [6.45, 7) is 0.857. The van der Waals surface area contributed by atoms with Gasteiger partial charge in [0.2, 0.25) is 5.91 Å². The Hall–Kier alpha value is -3.04. The van der Waals surface area contributed by atoms with Crippen LogP contribution in [0.1, 0.15) is 28.8 Å². The maximum Gasteiger partial charge on any atom is 0.416 e. The Morgan fingerprint density at radius 3 is 2.59 bits per heavy atom. The summed E-state index contributed by atoms with van der Waals surface area (Å²) in [7, 11) is 1.73. The number of aromatic nitrogens is 2. The number of amides is 2. The first-order chi connectivity index (χ1) is 13.7. The van der Waals surface area contributed by atoms with Crippen LogP contribution in [0.3, 0.4) is 0 Å². The van der Waals surface area contributed by atoms with Gasteiger partial charge in [0.1, 0.15) is 0 Å². The lowest BCUT2D eigenvalue weighted by molar-refractivity contribution is -0.137. The van der Waals surface area contributed by atoms with E-state index in [1.54, 1.807) is 22.8 Å². The van der Waals surface area contributed by atoms with E-state index in [-0.39, 0.29) is 30.1 Å². The second-order valence-corrected chi connectivity index (χ2v) is 6.96. The lowest BCUT2D eigenvalue weighted by atomic mass is 10.0. The van der Waals surface area contributed by atoms with Gasteiger partial charge in [0.25, 0.3) is 5.91 Å². The van der Waals surface area contributed by atoms with Gasteiger partial charge in [-0.1, -0.05) is 6.07 Å². The van der Waals surface area contributed by atoms with Crippen molar-refractivity contribution >= 4 is 17.5 Å². The lowest BCUT2D eigenvalue weighted by Gasteiger charge is -2.32. The van der Waals surface area contributed by atoms with Gasteiger partial charge in [0, 0.05) is 38.1 Å². The number of carbonyl (C=O) groups excluding carboxylic acids is 2. The van der Waals surface area contributed by atoms with Crippen LogP contribution < -0.4 is 10.6 Å². The summed E-state index contributed by atoms with van der Waals surface area (Å²) < 4.78 is 39.8. The fourth-order valence-electron chi connectivity index (χ4n) is 3.18. The predicted molar refractivity (Wildman–Crippen MR) is 100 cm³/mol. The Labute approximate surface area is 165 Å². The first-order valence-corrected chi connectivity index (χ1v) is 9.21. The highest BCUT2D eigenvalue weighted by molar-refractivity contribution is 5.93. The zero-order valence-corrected chi connectivity index (χ0v) is 15.9. The van der Waals surface area contributed by atoms with Gasteiger partial charge >= 0.3 is 6.18 Å². The fraction of sp³-hybridized carbons (Fsp3) is 0.421. The number of piperidine rings is 1. The van der Waals surface area contributed by atoms with Gasteiger partial charge in [-0.2, -0.15) is 18.3 Å². The van der Waals surface area contributed by atoms with E-state index in [0.29, 0.717) is 31.5 Å². The van der Waals surface area contributed by atoms with Crippen molar-refractivity contribution in [2.24, 2.45) is 7.05 Å². The molecule has 0 unspecified atom stereocenters. The first-order valence-electron chi connectivity index (χ1n) is 9.21. The van der Waals surface area contributed by atoms with Gasteiger partial charge in [-0.3, -0.25) is 14.3 Å². The number of halogens is 3. The summed E-state index contributed by atoms with van der Waals surface area (Å²) >= 11 is 0. The molecule has 7 nitrogen and oxygen atoms in total. The van der Waals surface area contributed by atoms with E-state index in [9.17, 15) is 22.8 Å². The third-order valence-electron chi connectivity index (χ3n) is 4.78. The molecule has 2 aromatic rings. The maximum atomic E-state index is 12.8. The molecule has 1 fully saturated rings. The van der Waals surface area contributed by atoms with Crippen LogP contribution in [0.4, 0.5) is 18.9 Å². The Kier molecular flexibility index (Phi) is 6.09. The van der Waals surface area contributed by atoms with E-state index < -0.39 is 11.7 Å². The molecule has 2 N–H and O–H groups in total. The molecule has 1 aliphatic heterocycles. The van der Waals surface area contributed by atoms with Crippen LogP contribution in [0, 0.1) is 0 Å². The lowest BCUT2D eigenvalue weighted by Crippen LogP contribution is -2.47. The summed E-state index contributed by atoms with van der Waals surface area (Å²) in [6, 6.07) is 4.71. The quantitative estimate of drug-likeness (QED) is 0.794. The molecule has 1 aromatic carbocycles. The van der Waals surface area contributed by atoms with Crippen molar-refractivity contribution in [1.29, 1.82) is 0 Å². The minimum Gasteiger partial charge on any atom is -0.376 e. The Balaban J connectivity index is 1.45. The highest BCUT2D eigenvalue weighted by Crippen LogP contribution is 2.30. The smallest absolute Gasteiger partial charge is 0.376 e. The van der Waals surface area contributed by atoms with Gasteiger partial charge in [-0.25, -0.2) is 0 Å². The summed E-state index contributed by atoms with van der Waals surface area (Å²) in [5.41, 5.74) is -0.0387. The summed E-state index contributed by atoms with van der Waals surface area (Å²) in [5.74, 6) is -0.395. The molecule has 156 valence electrons. The number of alkyl halides is 3. The van der Waals surface area contributed by atoms with Crippen molar-refractivity contribution < 1.29 is 22.8 Å². The number of nitrogens with zero attached hydrogens (tertiary/aromatic N) is 3. The zero-order chi connectivity index (χ0) is 21.0. The number of aryl methyl sites for hydroxylation is 1. The van der Waals surface area contributed by atoms with Crippen molar-refractivity contribution in [2.75, 3.05) is 25.0 Å². The number of carbonyl (C=O) groups is 2. The number of benzene rings is 1. The van der Waals surface area contributed by atoms with Crippen LogP contribution in [0.15, 0.2) is 36.7 Å². The minimum atomic E-state index is -4.43. The number of anilines is 1. The van der Waals surface area contributed by atoms with Crippen molar-refractivity contribution in [2.45, 2.75) is 25.1 Å². The molecular formula is C19H22F3N5O2. The van der Waals surface area contributed by atoms with Crippen LogP contribution in [0.2, 0.25) is 0 Å². The minimum absolute atomic E-state index is 0.0387. The largest absolute Gasteiger partial charge is 0.416 e. The van der Waals surface area contributed by atoms with Gasteiger partial charge in [0.15, 0.2) is 0 Å². The van der Waals surface area contributed by atoms with Gasteiger partial charge in [-0.05, 0) is 31.0 Å². The number of nitrogens with one attached hydrogen (secondary N) is 2. The molecule has 10 heteroatoms. The van der Waals surface area contributed by atoms with E-state index in [1.807, 2.05) is 0 Å². The van der Waals surface area contributed by atoms with Gasteiger partial charge < -0.3 is 15.5 Å². The molecule has 1 saturated heterocycles. The van der Waals surface area contributed by atoms with Crippen LogP contribution in [-0.2, 0) is 18.0 Å². The number of hydrogen-bond acceptors (Lipinski definition) is 4. The van der Waals surface area contributed by atoms with Crippen LogP contribution in [0.5, 0.6) is 0 Å². The molecular weight excluding hydrogens is 387 g/mol. The second kappa shape index (κ2) is 8.54. The molecule has 0 atom stereocenters. The molecule has 2 amide bonds. The molecule has 0 aliphatic carbocycles. The van der Waals surface area contributed by atoms with E-state index in [4.69, 9.17) is 0 Å². The highest BCUT2D eigenvalue weighted by Gasteiger charge is 2.30. The van der Waals surface area contributed by atoms with Crippen LogP contribution >= 0.6 is 0 Å². The Bertz CT molecular complexity index is 873. The number of likely N-dealkylation sites (tertiary alicyclic amines) is 1. The molecule has 0 radical (unpaired) electrons. The van der Waals surface area contributed by atoms with E-state index in [1.165, 1.54) is 18.3 Å². The van der Waals surface area contributed by atoms with Crippen molar-refractivity contribution in [3.05, 3.63) is 47.8 Å². The van der Waals surface area contributed by atoms with Crippen LogP contribution in [-0.4, -0.2) is 52.2 Å². The first kappa shape index (κ1) is 20.7. The predicted octanol–water partition coefficient (Wildman–Crippen LogP) is 2.27. The standard InChI is InChI=1S/C19H22F3N5O2/c1-26-12-13(10-24-26)18(29)25-15-5-7-27(8-6-15)17(28)11-23-16-4-2-3-14(9-16)19(20,21)22/h2-4,9-10,12,15,23H,5-8,11H2,1H3,(H,25,29). The Morgan fingerprint density at radius 1 is 1.24 bits per heavy atom. The molecule has 0 bridgehead atoms. The Morgan fingerprint density at radius 2 is 1.97 bits per heavy atom. The highest BCUT2D eigenvalue weighted by atomic mass is 19.4. The average molecular weight is 409 g/mol. The van der Waals surface area contributed by atoms with Crippen molar-refractivity contribution in [1.82, 2.24) is 20.0 Å². The topological polar surface area (TPSA) is 79.3 Å². The molecule has 0 saturated carbocycles. The molecule has 3 rings (SSSR count). The third kappa shape index (κ3) is 5.49. The van der Waals surface area contributed by atoms with E-state index in [2.05, 4.69) is 15.7 Å². The van der Waals surface area contributed by atoms with Crippen LogP contribution in [0.25, 0.3) is 0 Å². The maximum absolute atomic E-state index is 12.8. The molecule has 0 spiro atoms. The molecule has 1 aliphatic rings.